The van der Waals surface area contributed by atoms with Crippen molar-refractivity contribution < 1.29 is 22.1 Å². The third-order valence-electron chi connectivity index (χ3n) is 4.62. The van der Waals surface area contributed by atoms with Gasteiger partial charge in [-0.3, -0.25) is 4.68 Å². The molecule has 0 aliphatic heterocycles. The quantitative estimate of drug-likeness (QED) is 0.452. The van der Waals surface area contributed by atoms with Gasteiger partial charge >= 0.3 is 16.4 Å². The Kier molecular flexibility index (Phi) is 7.44. The summed E-state index contributed by atoms with van der Waals surface area (Å²) < 4.78 is 39.4. The van der Waals surface area contributed by atoms with Crippen LogP contribution in [0.5, 0.6) is 0 Å². The zero-order valence-corrected chi connectivity index (χ0v) is 19.8. The maximum Gasteiger partial charge on any atom is 0.423 e. The molecule has 174 valence electrons. The van der Waals surface area contributed by atoms with Gasteiger partial charge in [0.15, 0.2) is 0 Å². The lowest BCUT2D eigenvalue weighted by atomic mass is 10.2. The summed E-state index contributed by atoms with van der Waals surface area (Å²) in [4.78, 5) is 12.1. The van der Waals surface area contributed by atoms with E-state index in [1.54, 1.807) is 24.7 Å². The maximum atomic E-state index is 12.1. The van der Waals surface area contributed by atoms with E-state index >= 15 is 0 Å². The zero-order chi connectivity index (χ0) is 23.5. The summed E-state index contributed by atoms with van der Waals surface area (Å²) in [5.74, 6) is 0.729. The number of carbonyl (C=O) groups is 1. The first kappa shape index (κ1) is 24.1. The van der Waals surface area contributed by atoms with E-state index in [9.17, 15) is 13.2 Å². The lowest BCUT2D eigenvalue weighted by Gasteiger charge is -2.12. The monoisotopic (exact) mass is 483 g/mol. The molecule has 3 aromatic rings. The molecule has 0 radical (unpaired) electrons. The molecule has 2 aromatic heterocycles. The second-order valence-electron chi connectivity index (χ2n) is 7.39. The van der Waals surface area contributed by atoms with E-state index in [1.165, 1.54) is 0 Å². The smallest absolute Gasteiger partial charge is 0.377 e. The van der Waals surface area contributed by atoms with Crippen molar-refractivity contribution in [2.24, 2.45) is 7.05 Å². The second kappa shape index (κ2) is 9.90. The van der Waals surface area contributed by atoms with E-state index in [1.807, 2.05) is 42.8 Å². The molecule has 0 saturated heterocycles. The van der Waals surface area contributed by atoms with Crippen LogP contribution in [-0.2, 0) is 32.8 Å². The lowest BCUT2D eigenvalue weighted by molar-refractivity contribution is 0.0829. The molecule has 0 saturated carbocycles. The van der Waals surface area contributed by atoms with Crippen molar-refractivity contribution in [3.63, 3.8) is 0 Å². The number of fused-ring (bicyclic) bond motifs is 1. The highest BCUT2D eigenvalue weighted by Crippen LogP contribution is 2.26. The summed E-state index contributed by atoms with van der Waals surface area (Å²) in [7, 11) is -2.46. The molecule has 2 N–H and O–H groups in total. The van der Waals surface area contributed by atoms with Crippen LogP contribution in [0.2, 0.25) is 5.02 Å². The molecule has 0 spiro atoms. The first-order valence-corrected chi connectivity index (χ1v) is 11.7. The van der Waals surface area contributed by atoms with Gasteiger partial charge in [0.1, 0.15) is 5.82 Å². The molecule has 10 nitrogen and oxygen atoms in total. The van der Waals surface area contributed by atoms with Gasteiger partial charge in [-0.25, -0.2) is 4.79 Å². The minimum absolute atomic E-state index is 0.00955. The summed E-state index contributed by atoms with van der Waals surface area (Å²) in [6.07, 6.45) is 0.753. The van der Waals surface area contributed by atoms with Crippen LogP contribution < -0.4 is 10.0 Å². The molecule has 0 bridgehead atoms. The van der Waals surface area contributed by atoms with Crippen molar-refractivity contribution in [3.8, 4) is 5.82 Å². The summed E-state index contributed by atoms with van der Waals surface area (Å²) in [5, 5.41) is 8.50. The average molecular weight is 484 g/mol. The van der Waals surface area contributed by atoms with E-state index in [4.69, 9.17) is 16.3 Å². The first-order valence-electron chi connectivity index (χ1n) is 9.95. The number of amides is 1. The molecule has 1 aromatic carbocycles. The molecule has 12 heteroatoms. The predicted octanol–water partition coefficient (Wildman–Crippen LogP) is 2.81. The van der Waals surface area contributed by atoms with Crippen LogP contribution in [-0.4, -0.2) is 48.1 Å². The number of benzene rings is 1. The molecule has 0 fully saturated rings. The first-order chi connectivity index (χ1) is 15.1. The lowest BCUT2D eigenvalue weighted by Crippen LogP contribution is -2.35. The van der Waals surface area contributed by atoms with E-state index in [2.05, 4.69) is 19.3 Å². The van der Waals surface area contributed by atoms with Crippen LogP contribution in [0.3, 0.4) is 0 Å². The minimum atomic E-state index is -4.25. The number of nitrogens with zero attached hydrogens (tertiary/aromatic N) is 3. The van der Waals surface area contributed by atoms with Crippen molar-refractivity contribution >= 4 is 38.9 Å². The molecule has 32 heavy (non-hydrogen) atoms. The molecule has 1 amide bonds. The second-order valence-corrected chi connectivity index (χ2v) is 9.19. The normalized spacial score (nSPS) is 11.9. The molecule has 3 rings (SSSR count). The number of hydrogen-bond acceptors (Lipinski definition) is 6. The van der Waals surface area contributed by atoms with Crippen molar-refractivity contribution in [2.75, 3.05) is 13.2 Å². The number of aromatic nitrogens is 3. The zero-order valence-electron chi connectivity index (χ0n) is 18.3. The van der Waals surface area contributed by atoms with Gasteiger partial charge in [-0.2, -0.15) is 18.2 Å². The number of ether oxygens (including phenoxy) is 1. The Morgan fingerprint density at radius 1 is 1.28 bits per heavy atom. The number of carbonyl (C=O) groups excluding carboxylic acids is 1. The van der Waals surface area contributed by atoms with Gasteiger partial charge in [-0.15, -0.1) is 0 Å². The summed E-state index contributed by atoms with van der Waals surface area (Å²) in [5.41, 5.74) is 2.31. The summed E-state index contributed by atoms with van der Waals surface area (Å²) in [6, 6.07) is 7.47. The van der Waals surface area contributed by atoms with Gasteiger partial charge < -0.3 is 18.8 Å². The third kappa shape index (κ3) is 5.80. The van der Waals surface area contributed by atoms with Gasteiger partial charge in [0.05, 0.1) is 30.5 Å². The van der Waals surface area contributed by atoms with Crippen molar-refractivity contribution in [1.29, 1.82) is 0 Å². The number of rotatable bonds is 9. The van der Waals surface area contributed by atoms with Crippen LogP contribution in [0.25, 0.3) is 16.7 Å². The van der Waals surface area contributed by atoms with Gasteiger partial charge in [-0.1, -0.05) is 11.6 Å². The van der Waals surface area contributed by atoms with Crippen LogP contribution in [0.4, 0.5) is 4.79 Å². The molecular formula is C20H26ClN5O5S. The van der Waals surface area contributed by atoms with Crippen LogP contribution in [0.15, 0.2) is 30.5 Å². The van der Waals surface area contributed by atoms with Gasteiger partial charge in [-0.05, 0) is 45.0 Å². The highest BCUT2D eigenvalue weighted by atomic mass is 35.5. The van der Waals surface area contributed by atoms with E-state index in [0.29, 0.717) is 16.3 Å². The Morgan fingerprint density at radius 2 is 2.03 bits per heavy atom. The minimum Gasteiger partial charge on any atom is -0.377 e. The average Bonchev–Trinajstić information content (AvgIpc) is 3.22. The van der Waals surface area contributed by atoms with E-state index in [-0.39, 0.29) is 25.8 Å². The Bertz CT molecular complexity index is 1220. The number of nitrogens with one attached hydrogen (secondary N) is 2. The van der Waals surface area contributed by atoms with Gasteiger partial charge in [0.25, 0.3) is 0 Å². The Morgan fingerprint density at radius 3 is 2.75 bits per heavy atom. The van der Waals surface area contributed by atoms with Crippen molar-refractivity contribution in [2.45, 2.75) is 33.4 Å². The molecule has 0 aliphatic rings. The van der Waals surface area contributed by atoms with Crippen LogP contribution >= 0.6 is 11.6 Å². The van der Waals surface area contributed by atoms with Crippen molar-refractivity contribution in [1.82, 2.24) is 24.4 Å². The maximum absolute atomic E-state index is 12.1. The van der Waals surface area contributed by atoms with Gasteiger partial charge in [0, 0.05) is 35.8 Å². The fourth-order valence-electron chi connectivity index (χ4n) is 3.28. The SMILES string of the molecule is Cc1nn(C)c(-n2ccc3cc(Cl)ccc32)c1CNC(=O)OS(=O)(=O)NCCOC(C)C. The fourth-order valence-corrected chi connectivity index (χ4v) is 4.11. The van der Waals surface area contributed by atoms with Crippen molar-refractivity contribution in [3.05, 3.63) is 46.7 Å². The Hall–Kier alpha value is -2.60. The van der Waals surface area contributed by atoms with Crippen LogP contribution in [0, 0.1) is 6.92 Å². The third-order valence-corrected chi connectivity index (χ3v) is 5.78. The molecule has 0 aliphatic carbocycles. The molecular weight excluding hydrogens is 458 g/mol. The molecule has 0 atom stereocenters. The number of halogens is 1. The largest absolute Gasteiger partial charge is 0.423 e. The summed E-state index contributed by atoms with van der Waals surface area (Å²) in [6.45, 7) is 5.65. The summed E-state index contributed by atoms with van der Waals surface area (Å²) >= 11 is 6.08. The molecule has 2 heterocycles. The standard InChI is InChI=1S/C20H26ClN5O5S/c1-13(2)30-10-8-23-32(28,29)31-20(27)22-12-17-14(3)24-25(4)19(17)26-9-7-15-11-16(21)5-6-18(15)26/h5-7,9,11,13,23H,8,10,12H2,1-4H3,(H,22,27). The highest BCUT2D eigenvalue weighted by molar-refractivity contribution is 7.85. The fraction of sp³-hybridized carbons (Fsp3) is 0.400. The van der Waals surface area contributed by atoms with Crippen LogP contribution in [0.1, 0.15) is 25.1 Å². The predicted molar refractivity (Wildman–Crippen MR) is 121 cm³/mol. The van der Waals surface area contributed by atoms with Gasteiger partial charge in [0.2, 0.25) is 0 Å². The van der Waals surface area contributed by atoms with E-state index in [0.717, 1.165) is 16.7 Å². The topological polar surface area (TPSA) is 116 Å². The van der Waals surface area contributed by atoms with E-state index < -0.39 is 16.4 Å². The number of hydrogen-bond donors (Lipinski definition) is 2. The highest BCUT2D eigenvalue weighted by Gasteiger charge is 2.20. The Labute approximate surface area is 191 Å². The number of aryl methyl sites for hydroxylation is 2. The molecule has 0 unspecified atom stereocenters. The Balaban J connectivity index is 1.70.